The molecule has 1 aromatic heterocycles. The van der Waals surface area contributed by atoms with Crippen LogP contribution in [-0.2, 0) is 7.05 Å². The molecule has 5 heteroatoms. The molecule has 2 aromatic rings. The van der Waals surface area contributed by atoms with Crippen LogP contribution in [0.5, 0.6) is 0 Å². The van der Waals surface area contributed by atoms with Gasteiger partial charge in [0.2, 0.25) is 0 Å². The van der Waals surface area contributed by atoms with Crippen LogP contribution in [-0.4, -0.2) is 20.9 Å². The highest BCUT2D eigenvalue weighted by atomic mass is 16.4. The highest BCUT2D eigenvalue weighted by molar-refractivity contribution is 5.94. The molecular formula is C12H9N3O2. The zero-order chi connectivity index (χ0) is 12.4. The lowest BCUT2D eigenvalue weighted by Gasteiger charge is -1.98. The lowest BCUT2D eigenvalue weighted by Crippen LogP contribution is -1.96. The first kappa shape index (κ1) is 10.9. The van der Waals surface area contributed by atoms with Gasteiger partial charge in [0.25, 0.3) is 0 Å². The predicted octanol–water partition coefficient (Wildman–Crippen LogP) is 1.66. The van der Waals surface area contributed by atoms with Crippen LogP contribution in [0.1, 0.15) is 15.9 Å². The van der Waals surface area contributed by atoms with Gasteiger partial charge in [-0.15, -0.1) is 0 Å². The lowest BCUT2D eigenvalue weighted by molar-refractivity contribution is 0.0697. The van der Waals surface area contributed by atoms with Crippen LogP contribution < -0.4 is 0 Å². The molecule has 0 spiro atoms. The second kappa shape index (κ2) is 4.10. The molecule has 1 heterocycles. The molecule has 0 fully saturated rings. The van der Waals surface area contributed by atoms with Crippen LogP contribution >= 0.6 is 0 Å². The summed E-state index contributed by atoms with van der Waals surface area (Å²) in [6.07, 6.45) is 1.45. The number of nitrogens with zero attached hydrogens (tertiary/aromatic N) is 3. The lowest BCUT2D eigenvalue weighted by atomic mass is 10.1. The molecule has 0 bridgehead atoms. The maximum Gasteiger partial charge on any atom is 0.339 e. The number of hydrogen-bond acceptors (Lipinski definition) is 3. The first-order valence-electron chi connectivity index (χ1n) is 4.89. The minimum absolute atomic E-state index is 0.150. The van der Waals surface area contributed by atoms with Crippen molar-refractivity contribution in [3.8, 4) is 17.3 Å². The van der Waals surface area contributed by atoms with E-state index in [1.54, 1.807) is 31.3 Å². The number of carboxylic acid groups (broad SMARTS) is 1. The highest BCUT2D eigenvalue weighted by Crippen LogP contribution is 2.22. The first-order chi connectivity index (χ1) is 8.11. The van der Waals surface area contributed by atoms with Crippen LogP contribution in [0, 0.1) is 11.3 Å². The van der Waals surface area contributed by atoms with Gasteiger partial charge in [0.15, 0.2) is 0 Å². The fraction of sp³-hybridized carbons (Fsp3) is 0.0833. The molecule has 17 heavy (non-hydrogen) atoms. The minimum atomic E-state index is -1.02. The summed E-state index contributed by atoms with van der Waals surface area (Å²) in [6, 6.07) is 8.65. The van der Waals surface area contributed by atoms with Crippen LogP contribution in [0.3, 0.4) is 0 Å². The Morgan fingerprint density at radius 2 is 2.06 bits per heavy atom. The van der Waals surface area contributed by atoms with Crippen molar-refractivity contribution in [3.63, 3.8) is 0 Å². The van der Waals surface area contributed by atoms with E-state index in [4.69, 9.17) is 10.4 Å². The molecular weight excluding hydrogens is 218 g/mol. The van der Waals surface area contributed by atoms with Crippen molar-refractivity contribution in [2.24, 2.45) is 7.05 Å². The molecule has 0 unspecified atom stereocenters. The van der Waals surface area contributed by atoms with Crippen molar-refractivity contribution < 1.29 is 9.90 Å². The summed E-state index contributed by atoms with van der Waals surface area (Å²) in [5.74, 6) is -1.02. The predicted molar refractivity (Wildman–Crippen MR) is 60.3 cm³/mol. The Labute approximate surface area is 97.5 Å². The van der Waals surface area contributed by atoms with Gasteiger partial charge in [-0.1, -0.05) is 12.1 Å². The zero-order valence-electron chi connectivity index (χ0n) is 9.08. The zero-order valence-corrected chi connectivity index (χ0v) is 9.08. The quantitative estimate of drug-likeness (QED) is 0.846. The van der Waals surface area contributed by atoms with E-state index in [1.165, 1.54) is 10.9 Å². The van der Waals surface area contributed by atoms with Crippen LogP contribution in [0.2, 0.25) is 0 Å². The smallest absolute Gasteiger partial charge is 0.339 e. The maximum atomic E-state index is 11.0. The van der Waals surface area contributed by atoms with Gasteiger partial charge in [-0.05, 0) is 12.1 Å². The molecule has 0 aliphatic carbocycles. The standard InChI is InChI=1S/C12H9N3O2/c1-15-7-10(12(16)17)11(14-15)9-4-2-8(6-13)3-5-9/h2-5,7H,1H3,(H,16,17). The summed E-state index contributed by atoms with van der Waals surface area (Å²) >= 11 is 0. The number of aromatic nitrogens is 2. The van der Waals surface area contributed by atoms with Crippen LogP contribution in [0.25, 0.3) is 11.3 Å². The van der Waals surface area contributed by atoms with Crippen LogP contribution in [0.15, 0.2) is 30.5 Å². The molecule has 0 aliphatic heterocycles. The number of rotatable bonds is 2. The topological polar surface area (TPSA) is 78.9 Å². The number of aromatic carboxylic acids is 1. The summed E-state index contributed by atoms with van der Waals surface area (Å²) in [6.45, 7) is 0. The molecule has 0 atom stereocenters. The Kier molecular flexibility index (Phi) is 2.63. The molecule has 0 radical (unpaired) electrons. The SMILES string of the molecule is Cn1cc(C(=O)O)c(-c2ccc(C#N)cc2)n1. The average Bonchev–Trinajstić information content (AvgIpc) is 2.72. The summed E-state index contributed by atoms with van der Waals surface area (Å²) in [7, 11) is 1.67. The number of carbonyl (C=O) groups is 1. The van der Waals surface area contributed by atoms with E-state index in [1.807, 2.05) is 6.07 Å². The monoisotopic (exact) mass is 227 g/mol. The summed E-state index contributed by atoms with van der Waals surface area (Å²) in [5.41, 5.74) is 1.77. The van der Waals surface area contributed by atoms with Gasteiger partial charge in [0.1, 0.15) is 11.3 Å². The Hall–Kier alpha value is -2.61. The number of benzene rings is 1. The van der Waals surface area contributed by atoms with Gasteiger partial charge in [-0.3, -0.25) is 4.68 Å². The third-order valence-corrected chi connectivity index (χ3v) is 2.35. The van der Waals surface area contributed by atoms with Crippen LogP contribution in [0.4, 0.5) is 0 Å². The van der Waals surface area contributed by atoms with Gasteiger partial charge in [0.05, 0.1) is 11.6 Å². The second-order valence-corrected chi connectivity index (χ2v) is 3.56. The number of nitriles is 1. The van der Waals surface area contributed by atoms with Crippen molar-refractivity contribution in [1.29, 1.82) is 5.26 Å². The Morgan fingerprint density at radius 3 is 2.59 bits per heavy atom. The Morgan fingerprint density at radius 1 is 1.41 bits per heavy atom. The molecule has 2 rings (SSSR count). The van der Waals surface area contributed by atoms with Gasteiger partial charge < -0.3 is 5.11 Å². The van der Waals surface area contributed by atoms with Crippen molar-refractivity contribution in [2.45, 2.75) is 0 Å². The molecule has 0 saturated heterocycles. The first-order valence-corrected chi connectivity index (χ1v) is 4.89. The van der Waals surface area contributed by atoms with Gasteiger partial charge >= 0.3 is 5.97 Å². The Bertz CT molecular complexity index is 606. The average molecular weight is 227 g/mol. The fourth-order valence-corrected chi connectivity index (χ4v) is 1.56. The van der Waals surface area contributed by atoms with Crippen molar-refractivity contribution in [3.05, 3.63) is 41.6 Å². The normalized spacial score (nSPS) is 9.88. The summed E-state index contributed by atoms with van der Waals surface area (Å²) in [4.78, 5) is 11.0. The van der Waals surface area contributed by atoms with Crippen molar-refractivity contribution >= 4 is 5.97 Å². The number of aryl methyl sites for hydroxylation is 1. The summed E-state index contributed by atoms with van der Waals surface area (Å²) < 4.78 is 1.46. The molecule has 0 aliphatic rings. The van der Waals surface area contributed by atoms with E-state index >= 15 is 0 Å². The minimum Gasteiger partial charge on any atom is -0.478 e. The third-order valence-electron chi connectivity index (χ3n) is 2.35. The van der Waals surface area contributed by atoms with E-state index in [0.717, 1.165) is 0 Å². The largest absolute Gasteiger partial charge is 0.478 e. The van der Waals surface area contributed by atoms with E-state index in [0.29, 0.717) is 16.8 Å². The maximum absolute atomic E-state index is 11.0. The molecule has 1 N–H and O–H groups in total. The number of carboxylic acids is 1. The highest BCUT2D eigenvalue weighted by Gasteiger charge is 2.15. The molecule has 1 aromatic carbocycles. The van der Waals surface area contributed by atoms with E-state index in [-0.39, 0.29) is 5.56 Å². The molecule has 0 saturated carbocycles. The Balaban J connectivity index is 2.52. The number of hydrogen-bond donors (Lipinski definition) is 1. The van der Waals surface area contributed by atoms with Crippen molar-refractivity contribution in [2.75, 3.05) is 0 Å². The summed E-state index contributed by atoms with van der Waals surface area (Å²) in [5, 5.41) is 21.8. The van der Waals surface area contributed by atoms with Crippen molar-refractivity contribution in [1.82, 2.24) is 9.78 Å². The molecule has 5 nitrogen and oxygen atoms in total. The van der Waals surface area contributed by atoms with Gasteiger partial charge in [-0.2, -0.15) is 10.4 Å². The molecule has 84 valence electrons. The molecule has 0 amide bonds. The van der Waals surface area contributed by atoms with Gasteiger partial charge in [0, 0.05) is 18.8 Å². The van der Waals surface area contributed by atoms with E-state index < -0.39 is 5.97 Å². The fourth-order valence-electron chi connectivity index (χ4n) is 1.56. The van der Waals surface area contributed by atoms with Gasteiger partial charge in [-0.25, -0.2) is 4.79 Å². The van der Waals surface area contributed by atoms with E-state index in [2.05, 4.69) is 5.10 Å². The van der Waals surface area contributed by atoms with E-state index in [9.17, 15) is 4.79 Å². The second-order valence-electron chi connectivity index (χ2n) is 3.56. The third kappa shape index (κ3) is 2.01.